The number of hydrogen-bond donors (Lipinski definition) is 2. The number of amides is 2. The Morgan fingerprint density at radius 1 is 0.912 bits per heavy atom. The zero-order valence-corrected chi connectivity index (χ0v) is 18.7. The first-order chi connectivity index (χ1) is 16.4. The van der Waals surface area contributed by atoms with Gasteiger partial charge in [-0.2, -0.15) is 0 Å². The van der Waals surface area contributed by atoms with Crippen molar-refractivity contribution in [2.45, 2.75) is 0 Å². The minimum absolute atomic E-state index is 0.191. The van der Waals surface area contributed by atoms with E-state index in [2.05, 4.69) is 10.6 Å². The zero-order valence-electron chi connectivity index (χ0n) is 18.7. The maximum atomic E-state index is 12.5. The van der Waals surface area contributed by atoms with Crippen molar-refractivity contribution >= 4 is 39.8 Å². The summed E-state index contributed by atoms with van der Waals surface area (Å²) >= 11 is 0. The molecule has 3 aromatic carbocycles. The molecule has 8 nitrogen and oxygen atoms in total. The van der Waals surface area contributed by atoms with Gasteiger partial charge in [0, 0.05) is 42.8 Å². The van der Waals surface area contributed by atoms with Gasteiger partial charge >= 0.3 is 0 Å². The first-order valence-corrected chi connectivity index (χ1v) is 10.5. The molecule has 0 aliphatic rings. The average Bonchev–Trinajstić information content (AvgIpc) is 2.83. The Balaban J connectivity index is 1.35. The standard InChI is InChI=1S/C26H23N3O5/c1-29(2)20-8-6-17(7-9-20)26(32)28-19-5-3-4-18(14-19)27-25(31)16-34-21-10-11-24-22(15-21)23(30)12-13-33-24/h3-15H,16H2,1-2H3,(H,27,31)(H,28,32). The SMILES string of the molecule is CN(C)c1ccc(C(=O)Nc2cccc(NC(=O)COc3ccc4occc(=O)c4c3)c2)cc1. The second-order valence-electron chi connectivity index (χ2n) is 7.76. The smallest absolute Gasteiger partial charge is 0.262 e. The molecule has 0 saturated carbocycles. The summed E-state index contributed by atoms with van der Waals surface area (Å²) in [6.07, 6.45) is 1.33. The molecule has 1 heterocycles. The van der Waals surface area contributed by atoms with E-state index >= 15 is 0 Å². The van der Waals surface area contributed by atoms with Gasteiger partial charge in [0.2, 0.25) is 0 Å². The van der Waals surface area contributed by atoms with Crippen molar-refractivity contribution in [1.82, 2.24) is 0 Å². The van der Waals surface area contributed by atoms with Crippen molar-refractivity contribution in [1.29, 1.82) is 0 Å². The van der Waals surface area contributed by atoms with Gasteiger partial charge in [-0.3, -0.25) is 14.4 Å². The van der Waals surface area contributed by atoms with Crippen molar-refractivity contribution in [3.63, 3.8) is 0 Å². The van der Waals surface area contributed by atoms with Gasteiger partial charge in [0.15, 0.2) is 12.0 Å². The van der Waals surface area contributed by atoms with Crippen LogP contribution in [0.3, 0.4) is 0 Å². The van der Waals surface area contributed by atoms with E-state index in [4.69, 9.17) is 9.15 Å². The van der Waals surface area contributed by atoms with Crippen molar-refractivity contribution in [2.75, 3.05) is 36.2 Å². The number of fused-ring (bicyclic) bond motifs is 1. The van der Waals surface area contributed by atoms with Crippen LogP contribution in [0.5, 0.6) is 5.75 Å². The second kappa shape index (κ2) is 9.91. The highest BCUT2D eigenvalue weighted by Gasteiger charge is 2.09. The van der Waals surface area contributed by atoms with E-state index < -0.39 is 0 Å². The minimum Gasteiger partial charge on any atom is -0.484 e. The maximum Gasteiger partial charge on any atom is 0.262 e. The van der Waals surface area contributed by atoms with Crippen molar-refractivity contribution in [3.05, 3.63) is 94.8 Å². The molecule has 172 valence electrons. The number of rotatable bonds is 7. The Kier molecular flexibility index (Phi) is 6.59. The van der Waals surface area contributed by atoms with Crippen LogP contribution in [0.4, 0.5) is 17.1 Å². The summed E-state index contributed by atoms with van der Waals surface area (Å²) < 4.78 is 10.8. The van der Waals surface area contributed by atoms with Crippen LogP contribution in [0.15, 0.2) is 88.3 Å². The number of hydrogen-bond acceptors (Lipinski definition) is 6. The molecule has 0 aliphatic carbocycles. The lowest BCUT2D eigenvalue weighted by atomic mass is 10.2. The summed E-state index contributed by atoms with van der Waals surface area (Å²) in [6.45, 7) is -0.252. The first-order valence-electron chi connectivity index (χ1n) is 10.5. The lowest BCUT2D eigenvalue weighted by molar-refractivity contribution is -0.118. The van der Waals surface area contributed by atoms with Crippen LogP contribution in [-0.4, -0.2) is 32.5 Å². The molecule has 2 N–H and O–H groups in total. The van der Waals surface area contributed by atoms with Gasteiger partial charge in [-0.05, 0) is 60.7 Å². The average molecular weight is 457 g/mol. The molecule has 1 aromatic heterocycles. The van der Waals surface area contributed by atoms with Crippen LogP contribution >= 0.6 is 0 Å². The quantitative estimate of drug-likeness (QED) is 0.433. The molecule has 0 unspecified atom stereocenters. The van der Waals surface area contributed by atoms with Crippen LogP contribution in [0.2, 0.25) is 0 Å². The molecule has 0 fully saturated rings. The number of nitrogens with zero attached hydrogens (tertiary/aromatic N) is 1. The molecule has 0 bridgehead atoms. The third-order valence-corrected chi connectivity index (χ3v) is 5.05. The number of nitrogens with one attached hydrogen (secondary N) is 2. The Morgan fingerprint density at radius 3 is 2.38 bits per heavy atom. The number of benzene rings is 3. The summed E-state index contributed by atoms with van der Waals surface area (Å²) in [5.41, 5.74) is 2.82. The lowest BCUT2D eigenvalue weighted by Gasteiger charge is -2.13. The van der Waals surface area contributed by atoms with Crippen LogP contribution in [0.1, 0.15) is 10.4 Å². The van der Waals surface area contributed by atoms with Gasteiger partial charge in [-0.15, -0.1) is 0 Å². The van der Waals surface area contributed by atoms with E-state index in [1.54, 1.807) is 48.5 Å². The van der Waals surface area contributed by atoms with Gasteiger partial charge in [0.05, 0.1) is 11.6 Å². The van der Waals surface area contributed by atoms with E-state index in [1.807, 2.05) is 31.1 Å². The summed E-state index contributed by atoms with van der Waals surface area (Å²) in [7, 11) is 3.86. The Labute approximate surface area is 195 Å². The molecular weight excluding hydrogens is 434 g/mol. The summed E-state index contributed by atoms with van der Waals surface area (Å²) in [4.78, 5) is 38.8. The fraction of sp³-hybridized carbons (Fsp3) is 0.115. The molecule has 8 heteroatoms. The summed E-state index contributed by atoms with van der Waals surface area (Å²) in [6, 6.07) is 20.2. The molecule has 4 rings (SSSR count). The van der Waals surface area contributed by atoms with Crippen molar-refractivity contribution in [3.8, 4) is 5.75 Å². The normalized spacial score (nSPS) is 10.5. The van der Waals surface area contributed by atoms with E-state index in [0.717, 1.165) is 5.69 Å². The van der Waals surface area contributed by atoms with Gasteiger partial charge in [0.25, 0.3) is 11.8 Å². The molecule has 4 aromatic rings. The number of carbonyl (C=O) groups is 2. The van der Waals surface area contributed by atoms with E-state index in [9.17, 15) is 14.4 Å². The Hall–Kier alpha value is -4.59. The highest BCUT2D eigenvalue weighted by Crippen LogP contribution is 2.19. The maximum absolute atomic E-state index is 12.5. The van der Waals surface area contributed by atoms with Gasteiger partial charge in [-0.25, -0.2) is 0 Å². The third-order valence-electron chi connectivity index (χ3n) is 5.05. The van der Waals surface area contributed by atoms with Crippen LogP contribution in [0.25, 0.3) is 11.0 Å². The predicted molar refractivity (Wildman–Crippen MR) is 132 cm³/mol. The first kappa shape index (κ1) is 22.6. The van der Waals surface area contributed by atoms with Crippen molar-refractivity contribution in [2.24, 2.45) is 0 Å². The van der Waals surface area contributed by atoms with Crippen LogP contribution < -0.4 is 25.7 Å². The number of ether oxygens (including phenoxy) is 1. The highest BCUT2D eigenvalue weighted by molar-refractivity contribution is 6.05. The van der Waals surface area contributed by atoms with Gasteiger partial charge < -0.3 is 24.7 Å². The van der Waals surface area contributed by atoms with E-state index in [-0.39, 0.29) is 23.9 Å². The van der Waals surface area contributed by atoms with Gasteiger partial charge in [-0.1, -0.05) is 6.07 Å². The molecule has 0 aliphatic heterocycles. The van der Waals surface area contributed by atoms with Crippen LogP contribution in [0, 0.1) is 0 Å². The summed E-state index contributed by atoms with van der Waals surface area (Å²) in [5, 5.41) is 5.94. The highest BCUT2D eigenvalue weighted by atomic mass is 16.5. The second-order valence-corrected chi connectivity index (χ2v) is 7.76. The predicted octanol–water partition coefficient (Wildman–Crippen LogP) is 4.13. The zero-order chi connectivity index (χ0) is 24.1. The largest absolute Gasteiger partial charge is 0.484 e. The third kappa shape index (κ3) is 5.42. The fourth-order valence-electron chi connectivity index (χ4n) is 3.29. The number of carbonyl (C=O) groups excluding carboxylic acids is 2. The lowest BCUT2D eigenvalue weighted by Crippen LogP contribution is -2.20. The van der Waals surface area contributed by atoms with Crippen LogP contribution in [-0.2, 0) is 4.79 Å². The molecule has 0 atom stereocenters. The molecule has 0 spiro atoms. The van der Waals surface area contributed by atoms with Crippen molar-refractivity contribution < 1.29 is 18.7 Å². The molecule has 2 amide bonds. The fourth-order valence-corrected chi connectivity index (χ4v) is 3.29. The number of anilines is 3. The summed E-state index contributed by atoms with van der Waals surface area (Å²) in [5.74, 6) is -0.261. The minimum atomic E-state index is -0.386. The molecular formula is C26H23N3O5. The topological polar surface area (TPSA) is 101 Å². The Morgan fingerprint density at radius 2 is 1.65 bits per heavy atom. The molecule has 0 saturated heterocycles. The molecule has 0 radical (unpaired) electrons. The van der Waals surface area contributed by atoms with E-state index in [1.165, 1.54) is 18.4 Å². The Bertz CT molecular complexity index is 1390. The monoisotopic (exact) mass is 457 g/mol. The van der Waals surface area contributed by atoms with Gasteiger partial charge in [0.1, 0.15) is 11.3 Å². The molecule has 34 heavy (non-hydrogen) atoms. The van der Waals surface area contributed by atoms with E-state index in [0.29, 0.717) is 33.7 Å².